The standard InChI is InChI=1S/C8H15F2NO/c9-5-8(12)6-11-3-1-7(10)2-4-11/h7-8,12H,1-6H2. The molecule has 1 fully saturated rings. The second kappa shape index (κ2) is 4.72. The van der Waals surface area contributed by atoms with Gasteiger partial charge < -0.3 is 10.0 Å². The molecule has 2 nitrogen and oxygen atoms in total. The minimum absolute atomic E-state index is 0.337. The van der Waals surface area contributed by atoms with Crippen LogP contribution in [0.15, 0.2) is 0 Å². The summed E-state index contributed by atoms with van der Waals surface area (Å²) in [6.45, 7) is 0.898. The van der Waals surface area contributed by atoms with E-state index in [0.717, 1.165) is 0 Å². The fourth-order valence-electron chi connectivity index (χ4n) is 1.43. The molecule has 0 bridgehead atoms. The summed E-state index contributed by atoms with van der Waals surface area (Å²) in [5.74, 6) is 0. The van der Waals surface area contributed by atoms with Crippen molar-refractivity contribution < 1.29 is 13.9 Å². The van der Waals surface area contributed by atoms with Crippen molar-refractivity contribution in [1.29, 1.82) is 0 Å². The molecule has 1 aliphatic heterocycles. The van der Waals surface area contributed by atoms with E-state index in [1.54, 1.807) is 0 Å². The second-order valence-electron chi connectivity index (χ2n) is 3.28. The van der Waals surface area contributed by atoms with Gasteiger partial charge in [-0.2, -0.15) is 0 Å². The van der Waals surface area contributed by atoms with E-state index in [9.17, 15) is 8.78 Å². The maximum absolute atomic E-state index is 12.6. The van der Waals surface area contributed by atoms with Crippen LogP contribution < -0.4 is 0 Å². The van der Waals surface area contributed by atoms with Crippen LogP contribution in [0.1, 0.15) is 12.8 Å². The molecular weight excluding hydrogens is 164 g/mol. The third kappa shape index (κ3) is 3.03. The predicted octanol–water partition coefficient (Wildman–Crippen LogP) is 0.751. The van der Waals surface area contributed by atoms with Crippen LogP contribution in [-0.4, -0.2) is 48.6 Å². The number of hydrogen-bond acceptors (Lipinski definition) is 2. The largest absolute Gasteiger partial charge is 0.389 e. The molecule has 1 N–H and O–H groups in total. The van der Waals surface area contributed by atoms with Gasteiger partial charge in [-0.15, -0.1) is 0 Å². The number of β-amino-alcohol motifs (C(OH)–C–C–N with tert-alkyl or cyclic N) is 1. The molecule has 0 aromatic carbocycles. The van der Waals surface area contributed by atoms with Crippen LogP contribution in [0.2, 0.25) is 0 Å². The lowest BCUT2D eigenvalue weighted by atomic mass is 10.1. The van der Waals surface area contributed by atoms with Crippen LogP contribution in [0.5, 0.6) is 0 Å². The van der Waals surface area contributed by atoms with Gasteiger partial charge in [0.15, 0.2) is 0 Å². The van der Waals surface area contributed by atoms with Gasteiger partial charge in [-0.25, -0.2) is 8.78 Å². The van der Waals surface area contributed by atoms with Crippen molar-refractivity contribution in [2.24, 2.45) is 0 Å². The van der Waals surface area contributed by atoms with Crippen LogP contribution in [0, 0.1) is 0 Å². The highest BCUT2D eigenvalue weighted by Gasteiger charge is 2.19. The van der Waals surface area contributed by atoms with E-state index in [1.807, 2.05) is 4.90 Å². The Morgan fingerprint density at radius 3 is 2.50 bits per heavy atom. The summed E-state index contributed by atoms with van der Waals surface area (Å²) in [6, 6.07) is 0. The van der Waals surface area contributed by atoms with Gasteiger partial charge in [0.25, 0.3) is 0 Å². The summed E-state index contributed by atoms with van der Waals surface area (Å²) in [5, 5.41) is 8.97. The van der Waals surface area contributed by atoms with Gasteiger partial charge in [-0.05, 0) is 12.8 Å². The maximum Gasteiger partial charge on any atom is 0.117 e. The quantitative estimate of drug-likeness (QED) is 0.691. The SMILES string of the molecule is OC(CF)CN1CCC(F)CC1. The third-order valence-electron chi connectivity index (χ3n) is 2.16. The molecule has 1 aliphatic rings. The Morgan fingerprint density at radius 1 is 1.42 bits per heavy atom. The van der Waals surface area contributed by atoms with E-state index in [1.165, 1.54) is 0 Å². The average molecular weight is 179 g/mol. The molecule has 1 unspecified atom stereocenters. The number of halogens is 2. The van der Waals surface area contributed by atoms with E-state index < -0.39 is 19.0 Å². The first-order valence-electron chi connectivity index (χ1n) is 4.33. The number of likely N-dealkylation sites (tertiary alicyclic amines) is 1. The Bertz CT molecular complexity index is 126. The van der Waals surface area contributed by atoms with E-state index >= 15 is 0 Å². The highest BCUT2D eigenvalue weighted by Crippen LogP contribution is 2.13. The van der Waals surface area contributed by atoms with Gasteiger partial charge in [0, 0.05) is 19.6 Å². The van der Waals surface area contributed by atoms with Gasteiger partial charge in [0.1, 0.15) is 12.8 Å². The van der Waals surface area contributed by atoms with Crippen molar-refractivity contribution in [2.75, 3.05) is 26.3 Å². The molecule has 12 heavy (non-hydrogen) atoms. The topological polar surface area (TPSA) is 23.5 Å². The van der Waals surface area contributed by atoms with E-state index in [2.05, 4.69) is 0 Å². The molecule has 0 radical (unpaired) electrons. The number of rotatable bonds is 3. The maximum atomic E-state index is 12.6. The number of aliphatic hydroxyl groups excluding tert-OH is 1. The molecule has 1 atom stereocenters. The van der Waals surface area contributed by atoms with Crippen molar-refractivity contribution in [2.45, 2.75) is 25.1 Å². The van der Waals surface area contributed by atoms with Crippen LogP contribution in [0.4, 0.5) is 8.78 Å². The second-order valence-corrected chi connectivity index (χ2v) is 3.28. The zero-order chi connectivity index (χ0) is 8.97. The monoisotopic (exact) mass is 179 g/mol. The Kier molecular flexibility index (Phi) is 3.88. The zero-order valence-corrected chi connectivity index (χ0v) is 7.05. The number of aliphatic hydroxyl groups is 1. The predicted molar refractivity (Wildman–Crippen MR) is 42.6 cm³/mol. The molecule has 0 aromatic rings. The smallest absolute Gasteiger partial charge is 0.117 e. The lowest BCUT2D eigenvalue weighted by molar-refractivity contribution is 0.0660. The van der Waals surface area contributed by atoms with Gasteiger partial charge in [0.2, 0.25) is 0 Å². The molecule has 72 valence electrons. The normalized spacial score (nSPS) is 24.2. The van der Waals surface area contributed by atoms with Crippen molar-refractivity contribution in [3.05, 3.63) is 0 Å². The molecule has 0 aliphatic carbocycles. The fourth-order valence-corrected chi connectivity index (χ4v) is 1.43. The molecule has 4 heteroatoms. The summed E-state index contributed by atoms with van der Waals surface area (Å²) < 4.78 is 24.5. The highest BCUT2D eigenvalue weighted by atomic mass is 19.1. The lowest BCUT2D eigenvalue weighted by Gasteiger charge is -2.29. The van der Waals surface area contributed by atoms with Crippen LogP contribution in [0.3, 0.4) is 0 Å². The van der Waals surface area contributed by atoms with Crippen molar-refractivity contribution in [3.8, 4) is 0 Å². The minimum atomic E-state index is -0.902. The molecule has 0 saturated carbocycles. The van der Waals surface area contributed by atoms with E-state index in [-0.39, 0.29) is 0 Å². The Hall–Kier alpha value is -0.220. The average Bonchev–Trinajstić information content (AvgIpc) is 2.09. The molecular formula is C8H15F2NO. The van der Waals surface area contributed by atoms with Gasteiger partial charge in [-0.3, -0.25) is 0 Å². The van der Waals surface area contributed by atoms with Crippen LogP contribution in [0.25, 0.3) is 0 Å². The van der Waals surface area contributed by atoms with Crippen molar-refractivity contribution >= 4 is 0 Å². The zero-order valence-electron chi connectivity index (χ0n) is 7.05. The first kappa shape index (κ1) is 9.86. The summed E-state index contributed by atoms with van der Waals surface area (Å²) in [6.07, 6.45) is -0.581. The number of nitrogens with zero attached hydrogens (tertiary/aromatic N) is 1. The number of hydrogen-bond donors (Lipinski definition) is 1. The van der Waals surface area contributed by atoms with Crippen molar-refractivity contribution in [3.63, 3.8) is 0 Å². The molecule has 0 amide bonds. The molecule has 1 rings (SSSR count). The molecule has 1 heterocycles. The number of piperidine rings is 1. The summed E-state index contributed by atoms with van der Waals surface area (Å²) in [5.41, 5.74) is 0. The fraction of sp³-hybridized carbons (Fsp3) is 1.00. The Balaban J connectivity index is 2.17. The van der Waals surface area contributed by atoms with Crippen LogP contribution in [-0.2, 0) is 0 Å². The first-order valence-corrected chi connectivity index (χ1v) is 4.33. The van der Waals surface area contributed by atoms with Gasteiger partial charge >= 0.3 is 0 Å². The molecule has 1 saturated heterocycles. The highest BCUT2D eigenvalue weighted by molar-refractivity contribution is 4.73. The molecule has 0 spiro atoms. The van der Waals surface area contributed by atoms with E-state index in [0.29, 0.717) is 32.5 Å². The number of alkyl halides is 2. The minimum Gasteiger partial charge on any atom is -0.389 e. The molecule has 0 aromatic heterocycles. The lowest BCUT2D eigenvalue weighted by Crippen LogP contribution is -2.39. The van der Waals surface area contributed by atoms with Gasteiger partial charge in [-0.1, -0.05) is 0 Å². The summed E-state index contributed by atoms with van der Waals surface area (Å²) in [7, 11) is 0. The van der Waals surface area contributed by atoms with Crippen molar-refractivity contribution in [1.82, 2.24) is 4.90 Å². The van der Waals surface area contributed by atoms with Gasteiger partial charge in [0.05, 0.1) is 6.10 Å². The van der Waals surface area contributed by atoms with E-state index in [4.69, 9.17) is 5.11 Å². The Labute approximate surface area is 71.2 Å². The third-order valence-corrected chi connectivity index (χ3v) is 2.16. The Morgan fingerprint density at radius 2 is 2.00 bits per heavy atom. The summed E-state index contributed by atoms with van der Waals surface area (Å²) in [4.78, 5) is 1.90. The summed E-state index contributed by atoms with van der Waals surface area (Å²) >= 11 is 0. The first-order chi connectivity index (χ1) is 5.72. The van der Waals surface area contributed by atoms with Crippen LogP contribution >= 0.6 is 0 Å².